The van der Waals surface area contributed by atoms with Crippen LogP contribution in [-0.4, -0.2) is 61.5 Å². The number of benzene rings is 1. The third-order valence-corrected chi connectivity index (χ3v) is 7.75. The third kappa shape index (κ3) is 5.72. The van der Waals surface area contributed by atoms with Gasteiger partial charge in [-0.1, -0.05) is 25.5 Å². The number of sulfonamides is 1. The van der Waals surface area contributed by atoms with Crippen molar-refractivity contribution in [3.8, 4) is 0 Å². The topological polar surface area (TPSA) is 98.8 Å². The van der Waals surface area contributed by atoms with Gasteiger partial charge in [0.2, 0.25) is 15.9 Å². The van der Waals surface area contributed by atoms with Gasteiger partial charge >= 0.3 is 6.03 Å². The van der Waals surface area contributed by atoms with E-state index in [0.717, 1.165) is 32.4 Å². The molecule has 0 aromatic heterocycles. The van der Waals surface area contributed by atoms with Crippen molar-refractivity contribution in [3.05, 3.63) is 24.3 Å². The van der Waals surface area contributed by atoms with Gasteiger partial charge in [0.15, 0.2) is 0 Å². The number of hydrogen-bond acceptors (Lipinski definition) is 4. The Hall–Kier alpha value is -2.13. The lowest BCUT2D eigenvalue weighted by molar-refractivity contribution is -0.120. The van der Waals surface area contributed by atoms with E-state index in [1.165, 1.54) is 4.31 Å². The van der Waals surface area contributed by atoms with Crippen molar-refractivity contribution in [3.63, 3.8) is 0 Å². The first-order chi connectivity index (χ1) is 14.4. The molecule has 1 aromatic carbocycles. The van der Waals surface area contributed by atoms with Crippen molar-refractivity contribution in [2.24, 2.45) is 5.92 Å². The van der Waals surface area contributed by atoms with Crippen molar-refractivity contribution in [1.29, 1.82) is 0 Å². The molecule has 2 heterocycles. The summed E-state index contributed by atoms with van der Waals surface area (Å²) >= 11 is 0. The van der Waals surface area contributed by atoms with Gasteiger partial charge in [-0.3, -0.25) is 4.79 Å². The van der Waals surface area contributed by atoms with E-state index in [2.05, 4.69) is 10.6 Å². The Morgan fingerprint density at radius 2 is 1.60 bits per heavy atom. The van der Waals surface area contributed by atoms with Gasteiger partial charge in [-0.05, 0) is 44.2 Å². The Labute approximate surface area is 179 Å². The summed E-state index contributed by atoms with van der Waals surface area (Å²) in [5.74, 6) is -0.210. The summed E-state index contributed by atoms with van der Waals surface area (Å²) in [6.45, 7) is 4.21. The van der Waals surface area contributed by atoms with Gasteiger partial charge in [0.05, 0.1) is 17.1 Å². The zero-order valence-electron chi connectivity index (χ0n) is 17.6. The summed E-state index contributed by atoms with van der Waals surface area (Å²) in [5.41, 5.74) is 1.13. The first kappa shape index (κ1) is 22.6. The zero-order valence-corrected chi connectivity index (χ0v) is 18.4. The van der Waals surface area contributed by atoms with Crippen LogP contribution >= 0.6 is 0 Å². The highest BCUT2D eigenvalue weighted by Crippen LogP contribution is 2.26. The molecule has 3 amide bonds. The SMILES string of the molecule is CCCCS(=O)(=O)N1CCC(C(=O)Nc2ccccc2NC(=O)N2CCCC2)CC1. The number of piperidine rings is 1. The Balaban J connectivity index is 1.56. The third-order valence-electron chi connectivity index (χ3n) is 5.79. The molecule has 0 saturated carbocycles. The van der Waals surface area contributed by atoms with Gasteiger partial charge in [-0.15, -0.1) is 0 Å². The van der Waals surface area contributed by atoms with Crippen LogP contribution < -0.4 is 10.6 Å². The van der Waals surface area contributed by atoms with E-state index < -0.39 is 10.0 Å². The Kier molecular flexibility index (Phi) is 7.71. The molecule has 2 fully saturated rings. The maximum absolute atomic E-state index is 12.8. The molecule has 0 spiro atoms. The molecule has 1 aromatic rings. The molecule has 9 heteroatoms. The van der Waals surface area contributed by atoms with Crippen LogP contribution in [0.3, 0.4) is 0 Å². The molecule has 0 bridgehead atoms. The fourth-order valence-electron chi connectivity index (χ4n) is 3.90. The molecular formula is C21H32N4O4S. The normalized spacial score (nSPS) is 18.4. The summed E-state index contributed by atoms with van der Waals surface area (Å²) in [6, 6.07) is 7.01. The molecule has 2 aliphatic heterocycles. The maximum Gasteiger partial charge on any atom is 0.321 e. The van der Waals surface area contributed by atoms with Crippen molar-refractivity contribution in [1.82, 2.24) is 9.21 Å². The van der Waals surface area contributed by atoms with Crippen LogP contribution in [0.25, 0.3) is 0 Å². The Morgan fingerprint density at radius 3 is 2.20 bits per heavy atom. The minimum atomic E-state index is -3.23. The number of hydrogen-bond donors (Lipinski definition) is 2. The lowest BCUT2D eigenvalue weighted by Crippen LogP contribution is -2.42. The molecule has 2 aliphatic rings. The largest absolute Gasteiger partial charge is 0.325 e. The van der Waals surface area contributed by atoms with E-state index in [1.54, 1.807) is 17.0 Å². The van der Waals surface area contributed by atoms with Crippen molar-refractivity contribution < 1.29 is 18.0 Å². The van der Waals surface area contributed by atoms with E-state index in [4.69, 9.17) is 0 Å². The highest BCUT2D eigenvalue weighted by atomic mass is 32.2. The standard InChI is InChI=1S/C21H32N4O4S/c1-2-3-16-30(28,29)25-14-10-17(11-15-25)20(26)22-18-8-4-5-9-19(18)23-21(27)24-12-6-7-13-24/h4-5,8-9,17H,2-3,6-7,10-16H2,1H3,(H,22,26)(H,23,27). The fourth-order valence-corrected chi connectivity index (χ4v) is 5.58. The molecule has 30 heavy (non-hydrogen) atoms. The summed E-state index contributed by atoms with van der Waals surface area (Å²) < 4.78 is 26.2. The summed E-state index contributed by atoms with van der Waals surface area (Å²) in [4.78, 5) is 27.0. The molecule has 166 valence electrons. The van der Waals surface area contributed by atoms with Crippen molar-refractivity contribution in [2.45, 2.75) is 45.4 Å². The lowest BCUT2D eigenvalue weighted by Gasteiger charge is -2.30. The Morgan fingerprint density at radius 1 is 1.00 bits per heavy atom. The number of likely N-dealkylation sites (tertiary alicyclic amines) is 1. The van der Waals surface area contributed by atoms with E-state index in [0.29, 0.717) is 43.7 Å². The molecule has 2 N–H and O–H groups in total. The van der Waals surface area contributed by atoms with E-state index in [1.807, 2.05) is 19.1 Å². The average molecular weight is 437 g/mol. The number of unbranched alkanes of at least 4 members (excludes halogenated alkanes) is 1. The number of nitrogens with one attached hydrogen (secondary N) is 2. The molecule has 0 unspecified atom stereocenters. The molecule has 0 radical (unpaired) electrons. The molecule has 0 atom stereocenters. The fraction of sp³-hybridized carbons (Fsp3) is 0.619. The minimum absolute atomic E-state index is 0.136. The van der Waals surface area contributed by atoms with Crippen molar-refractivity contribution >= 4 is 33.3 Å². The van der Waals surface area contributed by atoms with E-state index in [9.17, 15) is 18.0 Å². The van der Waals surface area contributed by atoms with Crippen LogP contribution in [0.2, 0.25) is 0 Å². The quantitative estimate of drug-likeness (QED) is 0.686. The molecule has 2 saturated heterocycles. The number of rotatable bonds is 7. The van der Waals surface area contributed by atoms with Crippen LogP contribution in [0.1, 0.15) is 45.4 Å². The smallest absolute Gasteiger partial charge is 0.321 e. The van der Waals surface area contributed by atoms with Gasteiger partial charge in [-0.2, -0.15) is 0 Å². The van der Waals surface area contributed by atoms with E-state index in [-0.39, 0.29) is 23.6 Å². The monoisotopic (exact) mass is 436 g/mol. The second-order valence-corrected chi connectivity index (χ2v) is 10.1. The van der Waals surface area contributed by atoms with Gasteiger partial charge in [0.25, 0.3) is 0 Å². The minimum Gasteiger partial charge on any atom is -0.325 e. The summed E-state index contributed by atoms with van der Waals surface area (Å²) in [7, 11) is -3.23. The van der Waals surface area contributed by atoms with Gasteiger partial charge in [0, 0.05) is 32.1 Å². The summed E-state index contributed by atoms with van der Waals surface area (Å²) in [5, 5.41) is 5.82. The van der Waals surface area contributed by atoms with Gasteiger partial charge in [0.1, 0.15) is 0 Å². The highest BCUT2D eigenvalue weighted by Gasteiger charge is 2.31. The first-order valence-corrected chi connectivity index (χ1v) is 12.5. The predicted molar refractivity (Wildman–Crippen MR) is 118 cm³/mol. The molecule has 0 aliphatic carbocycles. The van der Waals surface area contributed by atoms with Crippen LogP contribution in [0.15, 0.2) is 24.3 Å². The average Bonchev–Trinajstić information content (AvgIpc) is 3.29. The van der Waals surface area contributed by atoms with Crippen LogP contribution in [0.5, 0.6) is 0 Å². The number of carbonyl (C=O) groups is 2. The second kappa shape index (κ2) is 10.3. The molecular weight excluding hydrogens is 404 g/mol. The number of para-hydroxylation sites is 2. The summed E-state index contributed by atoms with van der Waals surface area (Å²) in [6.07, 6.45) is 4.52. The predicted octanol–water partition coefficient (Wildman–Crippen LogP) is 3.09. The van der Waals surface area contributed by atoms with Crippen LogP contribution in [0.4, 0.5) is 16.2 Å². The molecule has 3 rings (SSSR count). The van der Waals surface area contributed by atoms with Crippen LogP contribution in [-0.2, 0) is 14.8 Å². The molecule has 8 nitrogen and oxygen atoms in total. The van der Waals surface area contributed by atoms with Gasteiger partial charge in [-0.25, -0.2) is 17.5 Å². The van der Waals surface area contributed by atoms with E-state index >= 15 is 0 Å². The Bertz CT molecular complexity index is 844. The second-order valence-electron chi connectivity index (χ2n) is 8.00. The number of carbonyl (C=O) groups excluding carboxylic acids is 2. The lowest BCUT2D eigenvalue weighted by atomic mass is 9.97. The number of urea groups is 1. The number of amides is 3. The maximum atomic E-state index is 12.8. The number of nitrogens with zero attached hydrogens (tertiary/aromatic N) is 2. The van der Waals surface area contributed by atoms with Crippen molar-refractivity contribution in [2.75, 3.05) is 42.6 Å². The van der Waals surface area contributed by atoms with Crippen LogP contribution in [0, 0.1) is 5.92 Å². The highest BCUT2D eigenvalue weighted by molar-refractivity contribution is 7.89. The van der Waals surface area contributed by atoms with Gasteiger partial charge < -0.3 is 15.5 Å². The first-order valence-electron chi connectivity index (χ1n) is 10.8. The number of anilines is 2. The zero-order chi connectivity index (χ0) is 21.6.